The van der Waals surface area contributed by atoms with E-state index < -0.39 is 61.7 Å². The van der Waals surface area contributed by atoms with Gasteiger partial charge in [0, 0.05) is 18.9 Å². The first-order valence-corrected chi connectivity index (χ1v) is 22.4. The minimum atomic E-state index is -1.98. The van der Waals surface area contributed by atoms with E-state index in [1.54, 1.807) is 12.1 Å². The van der Waals surface area contributed by atoms with Crippen LogP contribution in [0.15, 0.2) is 103 Å². The van der Waals surface area contributed by atoms with Crippen molar-refractivity contribution in [2.45, 2.75) is 116 Å². The van der Waals surface area contributed by atoms with Crippen molar-refractivity contribution < 1.29 is 33.0 Å². The molecule has 0 fully saturated rings. The highest BCUT2D eigenvalue weighted by Gasteiger charge is 2.49. The second-order valence-electron chi connectivity index (χ2n) is 17.4. The van der Waals surface area contributed by atoms with Gasteiger partial charge in [-0.25, -0.2) is 9.18 Å². The zero-order chi connectivity index (χ0) is 40.7. The lowest BCUT2D eigenvalue weighted by Gasteiger charge is -2.45. The molecule has 0 bridgehead atoms. The first kappa shape index (κ1) is 42.6. The van der Waals surface area contributed by atoms with E-state index in [1.807, 2.05) is 119 Å². The van der Waals surface area contributed by atoms with Crippen LogP contribution in [0.5, 0.6) is 5.75 Å². The molecule has 0 heterocycles. The summed E-state index contributed by atoms with van der Waals surface area (Å²) in [4.78, 5) is 28.8. The highest BCUT2D eigenvalue weighted by atomic mass is 28.3. The zero-order valence-electron chi connectivity index (χ0n) is 34.1. The summed E-state index contributed by atoms with van der Waals surface area (Å²) < 4.78 is 33.8. The van der Waals surface area contributed by atoms with Crippen LogP contribution in [0.25, 0.3) is 0 Å². The maximum absolute atomic E-state index is 15.2. The van der Waals surface area contributed by atoms with Crippen molar-refractivity contribution in [2.75, 3.05) is 0 Å². The number of hydrogen-bond donors (Lipinski definition) is 3. The quantitative estimate of drug-likeness (QED) is 0.104. The molecule has 1 aliphatic carbocycles. The third-order valence-corrected chi connectivity index (χ3v) is 11.2. The zero-order valence-corrected chi connectivity index (χ0v) is 35.3. The van der Waals surface area contributed by atoms with E-state index in [4.69, 9.17) is 13.9 Å². The lowest BCUT2D eigenvalue weighted by Crippen LogP contribution is -2.58. The lowest BCUT2D eigenvalue weighted by molar-refractivity contribution is -0.142. The van der Waals surface area contributed by atoms with Crippen molar-refractivity contribution >= 4 is 21.0 Å². The van der Waals surface area contributed by atoms with Gasteiger partial charge in [0.2, 0.25) is 0 Å². The molecule has 300 valence electrons. The van der Waals surface area contributed by atoms with E-state index in [0.717, 1.165) is 16.7 Å². The summed E-state index contributed by atoms with van der Waals surface area (Å²) >= 11 is 0. The van der Waals surface area contributed by atoms with Crippen LogP contribution in [0, 0.1) is 17.2 Å². The molecule has 56 heavy (non-hydrogen) atoms. The van der Waals surface area contributed by atoms with Gasteiger partial charge in [0.25, 0.3) is 5.91 Å². The molecule has 2 amide bonds. The van der Waals surface area contributed by atoms with Gasteiger partial charge in [0.1, 0.15) is 29.4 Å². The molecule has 0 saturated carbocycles. The smallest absolute Gasteiger partial charge is 0.407 e. The van der Waals surface area contributed by atoms with E-state index in [2.05, 4.69) is 31.4 Å². The predicted molar refractivity (Wildman–Crippen MR) is 221 cm³/mol. The molecule has 8 nitrogen and oxygen atoms in total. The van der Waals surface area contributed by atoms with Crippen molar-refractivity contribution in [2.24, 2.45) is 11.3 Å². The van der Waals surface area contributed by atoms with Crippen LogP contribution >= 0.6 is 0 Å². The largest absolute Gasteiger partial charge is 0.489 e. The number of nitrogens with one attached hydrogen (secondary N) is 2. The Kier molecular flexibility index (Phi) is 13.8. The van der Waals surface area contributed by atoms with Gasteiger partial charge in [-0.3, -0.25) is 4.79 Å². The van der Waals surface area contributed by atoms with Crippen molar-refractivity contribution in [3.8, 4) is 5.75 Å². The molecule has 0 aromatic heterocycles. The summed E-state index contributed by atoms with van der Waals surface area (Å²) in [6.45, 7) is 16.3. The lowest BCUT2D eigenvalue weighted by atomic mass is 9.68. The van der Waals surface area contributed by atoms with Crippen LogP contribution in [0.3, 0.4) is 0 Å². The number of halogens is 1. The van der Waals surface area contributed by atoms with Gasteiger partial charge < -0.3 is 29.6 Å². The van der Waals surface area contributed by atoms with Crippen LogP contribution in [-0.4, -0.2) is 49.5 Å². The maximum Gasteiger partial charge on any atom is 0.407 e. The van der Waals surface area contributed by atoms with Gasteiger partial charge in [0.05, 0.1) is 12.1 Å². The van der Waals surface area contributed by atoms with Gasteiger partial charge in [-0.1, -0.05) is 106 Å². The summed E-state index contributed by atoms with van der Waals surface area (Å²) in [6, 6.07) is 31.0. The fraction of sp³-hybridized carbons (Fsp3) is 0.435. The maximum atomic E-state index is 15.2. The van der Waals surface area contributed by atoms with E-state index in [1.165, 1.54) is 6.07 Å². The molecule has 0 radical (unpaired) electrons. The van der Waals surface area contributed by atoms with Crippen LogP contribution < -0.4 is 15.4 Å². The van der Waals surface area contributed by atoms with Crippen LogP contribution in [0.1, 0.15) is 81.8 Å². The normalized spacial score (nSPS) is 17.7. The second kappa shape index (κ2) is 18.2. The monoisotopic (exact) mass is 782 g/mol. The molecule has 3 N–H and O–H groups in total. The van der Waals surface area contributed by atoms with Crippen LogP contribution in [0.4, 0.5) is 9.18 Å². The number of fused-ring (bicyclic) bond motifs is 1. The number of carbonyl (C=O) groups is 2. The molecule has 0 saturated heterocycles. The Labute approximate surface area is 333 Å². The molecule has 10 heteroatoms. The standard InChI is InChI=1S/C46H59FN2O6Si/c1-44(2,3)37(39(26-31-16-11-9-12-17-31)48-43(52)54-45(4,5)6)29-46(55-56(7)8,42(51)49-41-35-20-15-21-38(47)36(35)27-40(41)50)28-32-22-24-34(25-23-32)53-30-33-18-13-10-14-19-33/h9-25,37,39-41,50,56H,26-30H2,1-8H3,(H,48,52)(H,49,51)/t37-,39+,40-,41+,46+/m1/s1. The third-order valence-electron chi connectivity index (χ3n) is 10.3. The molecule has 4 aromatic carbocycles. The van der Waals surface area contributed by atoms with Crippen molar-refractivity contribution in [1.29, 1.82) is 0 Å². The Hall–Kier alpha value is -4.51. The molecular weight excluding hydrogens is 724 g/mol. The fourth-order valence-electron chi connectivity index (χ4n) is 7.70. The minimum Gasteiger partial charge on any atom is -0.489 e. The first-order chi connectivity index (χ1) is 26.4. The fourth-order valence-corrected chi connectivity index (χ4v) is 8.89. The SMILES string of the molecule is C[SiH](C)O[C@@](Cc1ccc(OCc2ccccc2)cc1)(C[C@H]([C@H](Cc1ccccc1)NC(=O)OC(C)(C)C)C(C)(C)C)C(=O)N[C@H]1c2cccc(F)c2C[C@H]1O. The summed E-state index contributed by atoms with van der Waals surface area (Å²) in [5.74, 6) is -0.430. The topological polar surface area (TPSA) is 106 Å². The Morgan fingerprint density at radius 2 is 1.46 bits per heavy atom. The van der Waals surface area contributed by atoms with E-state index in [-0.39, 0.29) is 25.2 Å². The summed E-state index contributed by atoms with van der Waals surface area (Å²) in [5, 5.41) is 17.6. The van der Waals surface area contributed by atoms with E-state index in [9.17, 15) is 14.3 Å². The van der Waals surface area contributed by atoms with Gasteiger partial charge in [-0.15, -0.1) is 0 Å². The van der Waals surface area contributed by atoms with Crippen molar-refractivity contribution in [3.63, 3.8) is 0 Å². The van der Waals surface area contributed by atoms with Gasteiger partial charge in [-0.2, -0.15) is 0 Å². The summed E-state index contributed by atoms with van der Waals surface area (Å²) in [7, 11) is -1.98. The minimum absolute atomic E-state index is 0.0910. The highest BCUT2D eigenvalue weighted by Crippen LogP contribution is 2.41. The molecule has 0 unspecified atom stereocenters. The molecule has 4 aromatic rings. The molecule has 1 aliphatic rings. The van der Waals surface area contributed by atoms with E-state index in [0.29, 0.717) is 29.9 Å². The second-order valence-corrected chi connectivity index (χ2v) is 19.7. The average Bonchev–Trinajstić information content (AvgIpc) is 3.44. The molecule has 5 atom stereocenters. The summed E-state index contributed by atoms with van der Waals surface area (Å²) in [6.07, 6.45) is -0.543. The Bertz CT molecular complexity index is 1900. The highest BCUT2D eigenvalue weighted by molar-refractivity contribution is 6.48. The molecule has 5 rings (SSSR count). The van der Waals surface area contributed by atoms with Gasteiger partial charge >= 0.3 is 6.09 Å². The first-order valence-electron chi connectivity index (χ1n) is 19.7. The number of ether oxygens (including phenoxy) is 2. The molecule has 0 spiro atoms. The third kappa shape index (κ3) is 11.5. The number of carbonyl (C=O) groups excluding carboxylic acids is 2. The predicted octanol–water partition coefficient (Wildman–Crippen LogP) is 8.65. The number of alkyl carbamates (subject to hydrolysis) is 1. The van der Waals surface area contributed by atoms with Crippen molar-refractivity contribution in [1.82, 2.24) is 10.6 Å². The number of benzene rings is 4. The molecule has 0 aliphatic heterocycles. The van der Waals surface area contributed by atoms with Gasteiger partial charge in [-0.05, 0) is 104 Å². The Morgan fingerprint density at radius 1 is 0.839 bits per heavy atom. The Balaban J connectivity index is 1.56. The number of amides is 2. The van der Waals surface area contributed by atoms with E-state index >= 15 is 4.79 Å². The summed E-state index contributed by atoms with van der Waals surface area (Å²) in [5.41, 5.74) is 1.29. The number of aliphatic hydroxyl groups is 1. The number of hydrogen-bond acceptors (Lipinski definition) is 6. The van der Waals surface area contributed by atoms with Gasteiger partial charge in [0.15, 0.2) is 9.04 Å². The number of rotatable bonds is 15. The number of aliphatic hydroxyl groups excluding tert-OH is 1. The Morgan fingerprint density at radius 3 is 2.05 bits per heavy atom. The van der Waals surface area contributed by atoms with Crippen LogP contribution in [-0.2, 0) is 39.8 Å². The average molecular weight is 783 g/mol. The van der Waals surface area contributed by atoms with Crippen molar-refractivity contribution in [3.05, 3.63) is 137 Å². The van der Waals surface area contributed by atoms with Crippen LogP contribution in [0.2, 0.25) is 13.1 Å². The molecular formula is C46H59FN2O6Si.